The monoisotopic (exact) mass is 320 g/mol. The standard InChI is InChI=1S/C12H20N2O4S2/c1-8(5-11(16)17)4-10(15)14-12(18)13-6-9-7-19-2-3-20-9/h8-9H,2-7H2,1H3,(H,16,17)(H2,13,14,15,18). The number of carboxylic acids is 1. The van der Waals surface area contributed by atoms with E-state index in [-0.39, 0.29) is 18.8 Å². The fourth-order valence-electron chi connectivity index (χ4n) is 1.77. The maximum absolute atomic E-state index is 11.5. The van der Waals surface area contributed by atoms with Crippen molar-refractivity contribution in [2.75, 3.05) is 23.8 Å². The second-order valence-corrected chi connectivity index (χ2v) is 7.29. The molecule has 1 heterocycles. The molecular weight excluding hydrogens is 300 g/mol. The molecule has 114 valence electrons. The molecule has 8 heteroatoms. The lowest BCUT2D eigenvalue weighted by Crippen LogP contribution is -2.43. The molecule has 1 aliphatic rings. The van der Waals surface area contributed by atoms with Crippen LogP contribution < -0.4 is 10.6 Å². The molecule has 0 spiro atoms. The Bertz CT molecular complexity index is 359. The molecule has 2 unspecified atom stereocenters. The Morgan fingerprint density at radius 2 is 2.05 bits per heavy atom. The maximum Gasteiger partial charge on any atom is 0.321 e. The van der Waals surface area contributed by atoms with Gasteiger partial charge < -0.3 is 10.4 Å². The fraction of sp³-hybridized carbons (Fsp3) is 0.750. The van der Waals surface area contributed by atoms with E-state index < -0.39 is 17.9 Å². The van der Waals surface area contributed by atoms with Crippen LogP contribution in [0.1, 0.15) is 19.8 Å². The molecule has 0 aromatic rings. The van der Waals surface area contributed by atoms with Gasteiger partial charge >= 0.3 is 12.0 Å². The minimum atomic E-state index is -0.943. The molecule has 0 bridgehead atoms. The first-order chi connectivity index (χ1) is 9.47. The average Bonchev–Trinajstić information content (AvgIpc) is 2.36. The largest absolute Gasteiger partial charge is 0.481 e. The first-order valence-corrected chi connectivity index (χ1v) is 8.66. The van der Waals surface area contributed by atoms with Crippen molar-refractivity contribution in [3.63, 3.8) is 0 Å². The summed E-state index contributed by atoms with van der Waals surface area (Å²) < 4.78 is 0. The number of hydrogen-bond donors (Lipinski definition) is 3. The highest BCUT2D eigenvalue weighted by atomic mass is 32.2. The summed E-state index contributed by atoms with van der Waals surface area (Å²) in [5.41, 5.74) is 0. The van der Waals surface area contributed by atoms with Gasteiger partial charge in [-0.1, -0.05) is 6.92 Å². The molecule has 0 saturated carbocycles. The molecule has 0 aromatic heterocycles. The Kier molecular flexibility index (Phi) is 7.83. The summed E-state index contributed by atoms with van der Waals surface area (Å²) in [7, 11) is 0. The minimum absolute atomic E-state index is 0.0355. The number of thioether (sulfide) groups is 2. The molecule has 2 atom stereocenters. The van der Waals surface area contributed by atoms with Crippen molar-refractivity contribution in [1.29, 1.82) is 0 Å². The first-order valence-electron chi connectivity index (χ1n) is 6.46. The van der Waals surface area contributed by atoms with Crippen molar-refractivity contribution in [2.45, 2.75) is 25.0 Å². The molecule has 1 aliphatic heterocycles. The highest BCUT2D eigenvalue weighted by Crippen LogP contribution is 2.23. The number of carboxylic acid groups (broad SMARTS) is 1. The second-order valence-electron chi connectivity index (χ2n) is 4.73. The van der Waals surface area contributed by atoms with Gasteiger partial charge in [-0.2, -0.15) is 23.5 Å². The first kappa shape index (κ1) is 17.2. The summed E-state index contributed by atoms with van der Waals surface area (Å²) in [4.78, 5) is 33.5. The number of rotatable bonds is 6. The predicted octanol–water partition coefficient (Wildman–Crippen LogP) is 1.16. The molecule has 0 radical (unpaired) electrons. The highest BCUT2D eigenvalue weighted by molar-refractivity contribution is 8.06. The van der Waals surface area contributed by atoms with Crippen LogP contribution in [0.2, 0.25) is 0 Å². The summed E-state index contributed by atoms with van der Waals surface area (Å²) in [6.45, 7) is 2.21. The van der Waals surface area contributed by atoms with Crippen LogP contribution in [0, 0.1) is 5.92 Å². The van der Waals surface area contributed by atoms with Gasteiger partial charge in [0.1, 0.15) is 0 Å². The molecule has 1 rings (SSSR count). The highest BCUT2D eigenvalue weighted by Gasteiger charge is 2.17. The van der Waals surface area contributed by atoms with Crippen molar-refractivity contribution < 1.29 is 19.5 Å². The lowest BCUT2D eigenvalue weighted by atomic mass is 10.0. The average molecular weight is 320 g/mol. The SMILES string of the molecule is CC(CC(=O)O)CC(=O)NC(=O)NCC1CSCCS1. The van der Waals surface area contributed by atoms with E-state index in [1.165, 1.54) is 0 Å². The van der Waals surface area contributed by atoms with E-state index in [9.17, 15) is 14.4 Å². The van der Waals surface area contributed by atoms with Gasteiger partial charge in [0.25, 0.3) is 0 Å². The van der Waals surface area contributed by atoms with Crippen LogP contribution in [-0.2, 0) is 9.59 Å². The van der Waals surface area contributed by atoms with Crippen LogP contribution in [0.3, 0.4) is 0 Å². The van der Waals surface area contributed by atoms with E-state index in [2.05, 4.69) is 10.6 Å². The van der Waals surface area contributed by atoms with E-state index in [1.54, 1.807) is 6.92 Å². The molecular formula is C12H20N2O4S2. The number of urea groups is 1. The molecule has 3 N–H and O–H groups in total. The summed E-state index contributed by atoms with van der Waals surface area (Å²) in [6, 6.07) is -0.506. The van der Waals surface area contributed by atoms with Gasteiger partial charge in [-0.05, 0) is 5.92 Å². The van der Waals surface area contributed by atoms with Gasteiger partial charge in [-0.15, -0.1) is 0 Å². The normalized spacial score (nSPS) is 19.9. The van der Waals surface area contributed by atoms with E-state index >= 15 is 0 Å². The zero-order valence-electron chi connectivity index (χ0n) is 11.4. The van der Waals surface area contributed by atoms with Crippen molar-refractivity contribution in [1.82, 2.24) is 10.6 Å². The van der Waals surface area contributed by atoms with E-state index in [0.717, 1.165) is 17.3 Å². The summed E-state index contributed by atoms with van der Waals surface area (Å²) in [5.74, 6) is 1.57. The number of carbonyl (C=O) groups excluding carboxylic acids is 2. The van der Waals surface area contributed by atoms with Crippen molar-refractivity contribution in [3.8, 4) is 0 Å². The maximum atomic E-state index is 11.5. The van der Waals surface area contributed by atoms with Crippen LogP contribution >= 0.6 is 23.5 Å². The Morgan fingerprint density at radius 3 is 2.65 bits per heavy atom. The van der Waals surface area contributed by atoms with Crippen LogP contribution in [-0.4, -0.2) is 52.1 Å². The Hall–Kier alpha value is -0.890. The van der Waals surface area contributed by atoms with E-state index in [1.807, 2.05) is 23.5 Å². The molecule has 0 aromatic carbocycles. The summed E-state index contributed by atoms with van der Waals surface area (Å²) >= 11 is 3.70. The topological polar surface area (TPSA) is 95.5 Å². The third kappa shape index (κ3) is 7.64. The van der Waals surface area contributed by atoms with Crippen molar-refractivity contribution in [3.05, 3.63) is 0 Å². The third-order valence-corrected chi connectivity index (χ3v) is 5.53. The summed E-state index contributed by atoms with van der Waals surface area (Å²) in [6.07, 6.45) is -0.0429. The Morgan fingerprint density at radius 1 is 1.30 bits per heavy atom. The quantitative estimate of drug-likeness (QED) is 0.680. The molecule has 1 fully saturated rings. The van der Waals surface area contributed by atoms with Gasteiger partial charge in [0, 0.05) is 41.9 Å². The Labute approximate surface area is 126 Å². The van der Waals surface area contributed by atoms with Gasteiger partial charge in [0.05, 0.1) is 0 Å². The van der Waals surface area contributed by atoms with E-state index in [0.29, 0.717) is 11.8 Å². The van der Waals surface area contributed by atoms with Gasteiger partial charge in [-0.25, -0.2) is 4.79 Å². The zero-order chi connectivity index (χ0) is 15.0. The third-order valence-electron chi connectivity index (χ3n) is 2.69. The summed E-state index contributed by atoms with van der Waals surface area (Å²) in [5, 5.41) is 13.9. The lowest BCUT2D eigenvalue weighted by Gasteiger charge is -2.21. The smallest absolute Gasteiger partial charge is 0.321 e. The molecule has 20 heavy (non-hydrogen) atoms. The molecule has 6 nitrogen and oxygen atoms in total. The van der Waals surface area contributed by atoms with Crippen LogP contribution in [0.25, 0.3) is 0 Å². The van der Waals surface area contributed by atoms with Gasteiger partial charge in [0.15, 0.2) is 0 Å². The van der Waals surface area contributed by atoms with Crippen LogP contribution in [0.4, 0.5) is 4.79 Å². The van der Waals surface area contributed by atoms with Crippen molar-refractivity contribution >= 4 is 41.4 Å². The molecule has 0 aliphatic carbocycles. The molecule has 1 saturated heterocycles. The number of amides is 3. The number of hydrogen-bond acceptors (Lipinski definition) is 5. The van der Waals surface area contributed by atoms with Crippen LogP contribution in [0.15, 0.2) is 0 Å². The van der Waals surface area contributed by atoms with Gasteiger partial charge in [-0.3, -0.25) is 14.9 Å². The van der Waals surface area contributed by atoms with Gasteiger partial charge in [0.2, 0.25) is 5.91 Å². The number of nitrogens with one attached hydrogen (secondary N) is 2. The van der Waals surface area contributed by atoms with Crippen molar-refractivity contribution in [2.24, 2.45) is 5.92 Å². The lowest BCUT2D eigenvalue weighted by molar-refractivity contribution is -0.138. The minimum Gasteiger partial charge on any atom is -0.481 e. The van der Waals surface area contributed by atoms with Crippen LogP contribution in [0.5, 0.6) is 0 Å². The Balaban J connectivity index is 2.17. The van der Waals surface area contributed by atoms with E-state index in [4.69, 9.17) is 5.11 Å². The molecule has 3 amide bonds. The number of carbonyl (C=O) groups is 3. The zero-order valence-corrected chi connectivity index (χ0v) is 13.0. The number of imide groups is 1. The number of aliphatic carboxylic acids is 1. The second kappa shape index (κ2) is 9.12. The predicted molar refractivity (Wildman–Crippen MR) is 81.1 cm³/mol. The fourth-order valence-corrected chi connectivity index (χ4v) is 4.38.